The predicted octanol–water partition coefficient (Wildman–Crippen LogP) is 2.30. The number of aliphatic hydroxyl groups is 4. The number of ether oxygens (including phenoxy) is 3. The molecule has 4 N–H and O–H groups in total. The van der Waals surface area contributed by atoms with Gasteiger partial charge in [0.25, 0.3) is 0 Å². The molecule has 2 aromatic carbocycles. The van der Waals surface area contributed by atoms with Crippen molar-refractivity contribution in [3.05, 3.63) is 57.6 Å². The average molecular weight is 451 g/mol. The highest BCUT2D eigenvalue weighted by atomic mass is 35.5. The van der Waals surface area contributed by atoms with Crippen molar-refractivity contribution in [2.45, 2.75) is 56.7 Å². The maximum Gasteiger partial charge on any atom is 0.231 e. The van der Waals surface area contributed by atoms with Crippen LogP contribution in [-0.4, -0.2) is 58.2 Å². The van der Waals surface area contributed by atoms with E-state index in [9.17, 15) is 20.4 Å². The SMILES string of the molecule is CC(C)c1ccc(Cc2cc(C3OC(CO)C(O)C(O)C3O)c3c(c2Cl)OCO3)cc1. The summed E-state index contributed by atoms with van der Waals surface area (Å²) in [6.07, 6.45) is -5.90. The topological polar surface area (TPSA) is 109 Å². The standard InChI is InChI=1S/C23H27ClO7/c1-11(2)13-5-3-12(4-6-13)7-14-8-15(22-23(17(14)24)30-10-29-22)21-20(28)19(27)18(26)16(9-25)31-21/h3-6,8,11,16,18-21,25-28H,7,9-10H2,1-2H3. The molecule has 2 aliphatic rings. The van der Waals surface area contributed by atoms with E-state index in [0.29, 0.717) is 34.4 Å². The first-order valence-corrected chi connectivity index (χ1v) is 10.7. The minimum absolute atomic E-state index is 0.0357. The molecule has 0 aromatic heterocycles. The van der Waals surface area contributed by atoms with Crippen molar-refractivity contribution >= 4 is 11.6 Å². The molecule has 31 heavy (non-hydrogen) atoms. The molecule has 7 nitrogen and oxygen atoms in total. The molecule has 0 amide bonds. The second-order valence-electron chi connectivity index (χ2n) is 8.33. The van der Waals surface area contributed by atoms with E-state index >= 15 is 0 Å². The van der Waals surface area contributed by atoms with Crippen molar-refractivity contribution in [1.29, 1.82) is 0 Å². The minimum Gasteiger partial charge on any atom is -0.453 e. The molecule has 0 aliphatic carbocycles. The zero-order valence-corrected chi connectivity index (χ0v) is 18.1. The first kappa shape index (κ1) is 22.3. The summed E-state index contributed by atoms with van der Waals surface area (Å²) in [4.78, 5) is 0. The predicted molar refractivity (Wildman–Crippen MR) is 114 cm³/mol. The zero-order valence-electron chi connectivity index (χ0n) is 17.4. The summed E-state index contributed by atoms with van der Waals surface area (Å²) in [5.74, 6) is 1.11. The third-order valence-corrected chi connectivity index (χ3v) is 6.34. The van der Waals surface area contributed by atoms with Gasteiger partial charge in [-0.3, -0.25) is 0 Å². The Morgan fingerprint density at radius 1 is 1.00 bits per heavy atom. The smallest absolute Gasteiger partial charge is 0.231 e. The van der Waals surface area contributed by atoms with Crippen LogP contribution >= 0.6 is 11.6 Å². The lowest BCUT2D eigenvalue weighted by atomic mass is 9.89. The summed E-state index contributed by atoms with van der Waals surface area (Å²) in [5.41, 5.74) is 3.48. The Bertz CT molecular complexity index is 929. The molecule has 0 spiro atoms. The van der Waals surface area contributed by atoms with Gasteiger partial charge in [0.05, 0.1) is 11.6 Å². The molecular weight excluding hydrogens is 424 g/mol. The molecule has 2 heterocycles. The number of rotatable bonds is 5. The Morgan fingerprint density at radius 3 is 2.32 bits per heavy atom. The Labute approximate surface area is 185 Å². The van der Waals surface area contributed by atoms with Crippen molar-refractivity contribution in [1.82, 2.24) is 0 Å². The molecule has 168 valence electrons. The van der Waals surface area contributed by atoms with Crippen molar-refractivity contribution in [3.8, 4) is 11.5 Å². The summed E-state index contributed by atoms with van der Waals surface area (Å²) in [6, 6.07) is 10.0. The van der Waals surface area contributed by atoms with Gasteiger partial charge in [0.2, 0.25) is 6.79 Å². The van der Waals surface area contributed by atoms with Crippen molar-refractivity contribution in [3.63, 3.8) is 0 Å². The second-order valence-corrected chi connectivity index (χ2v) is 8.70. The van der Waals surface area contributed by atoms with Gasteiger partial charge >= 0.3 is 0 Å². The fourth-order valence-corrected chi connectivity index (χ4v) is 4.32. The third-order valence-electron chi connectivity index (χ3n) is 5.93. The minimum atomic E-state index is -1.49. The molecule has 2 aromatic rings. The highest BCUT2D eigenvalue weighted by Crippen LogP contribution is 2.49. The van der Waals surface area contributed by atoms with E-state index < -0.39 is 37.1 Å². The molecule has 0 radical (unpaired) electrons. The van der Waals surface area contributed by atoms with Crippen molar-refractivity contribution in [2.24, 2.45) is 0 Å². The van der Waals surface area contributed by atoms with Crippen LogP contribution in [0, 0.1) is 0 Å². The highest BCUT2D eigenvalue weighted by Gasteiger charge is 2.46. The van der Waals surface area contributed by atoms with Gasteiger partial charge < -0.3 is 34.6 Å². The van der Waals surface area contributed by atoms with E-state index in [-0.39, 0.29) is 6.79 Å². The van der Waals surface area contributed by atoms with Crippen LogP contribution in [0.3, 0.4) is 0 Å². The van der Waals surface area contributed by atoms with Crippen LogP contribution in [0.25, 0.3) is 0 Å². The lowest BCUT2D eigenvalue weighted by molar-refractivity contribution is -0.232. The Morgan fingerprint density at radius 2 is 1.68 bits per heavy atom. The van der Waals surface area contributed by atoms with E-state index in [1.54, 1.807) is 6.07 Å². The maximum atomic E-state index is 10.6. The maximum absolute atomic E-state index is 10.6. The van der Waals surface area contributed by atoms with Crippen LogP contribution in [-0.2, 0) is 11.2 Å². The molecular formula is C23H27ClO7. The fourth-order valence-electron chi connectivity index (χ4n) is 4.06. The summed E-state index contributed by atoms with van der Waals surface area (Å²) >= 11 is 6.60. The monoisotopic (exact) mass is 450 g/mol. The van der Waals surface area contributed by atoms with Gasteiger partial charge in [0.15, 0.2) is 11.5 Å². The average Bonchev–Trinajstić information content (AvgIpc) is 3.25. The Hall–Kier alpha value is -1.87. The van der Waals surface area contributed by atoms with Gasteiger partial charge in [-0.25, -0.2) is 0 Å². The van der Waals surface area contributed by atoms with E-state index in [1.165, 1.54) is 5.56 Å². The van der Waals surface area contributed by atoms with Gasteiger partial charge in [-0.1, -0.05) is 49.7 Å². The molecule has 8 heteroatoms. The number of hydrogen-bond donors (Lipinski definition) is 4. The normalized spacial score (nSPS) is 27.7. The van der Waals surface area contributed by atoms with E-state index in [1.807, 2.05) is 12.1 Å². The third kappa shape index (κ3) is 4.14. The van der Waals surface area contributed by atoms with Crippen LogP contribution in [0.1, 0.15) is 48.1 Å². The first-order chi connectivity index (χ1) is 14.8. The molecule has 1 saturated heterocycles. The number of halogens is 1. The summed E-state index contributed by atoms with van der Waals surface area (Å²) in [6.45, 7) is 3.72. The quantitative estimate of drug-likeness (QED) is 0.553. The number of benzene rings is 2. The highest BCUT2D eigenvalue weighted by molar-refractivity contribution is 6.33. The molecule has 4 rings (SSSR count). The number of aliphatic hydroxyl groups excluding tert-OH is 4. The van der Waals surface area contributed by atoms with E-state index in [4.69, 9.17) is 25.8 Å². The Balaban J connectivity index is 1.71. The summed E-state index contributed by atoms with van der Waals surface area (Å²) < 4.78 is 16.9. The van der Waals surface area contributed by atoms with Crippen LogP contribution in [0.4, 0.5) is 0 Å². The molecule has 1 fully saturated rings. The molecule has 5 unspecified atom stereocenters. The van der Waals surface area contributed by atoms with Crippen molar-refractivity contribution < 1.29 is 34.6 Å². The molecule has 0 bridgehead atoms. The molecule has 2 aliphatic heterocycles. The fraction of sp³-hybridized carbons (Fsp3) is 0.478. The summed E-state index contributed by atoms with van der Waals surface area (Å²) in [7, 11) is 0. The van der Waals surface area contributed by atoms with Gasteiger partial charge in [-0.15, -0.1) is 0 Å². The molecule has 0 saturated carbocycles. The van der Waals surface area contributed by atoms with Gasteiger partial charge in [0.1, 0.15) is 30.5 Å². The van der Waals surface area contributed by atoms with Crippen LogP contribution < -0.4 is 9.47 Å². The first-order valence-electron chi connectivity index (χ1n) is 10.3. The lowest BCUT2D eigenvalue weighted by Crippen LogP contribution is -2.55. The van der Waals surface area contributed by atoms with Crippen LogP contribution in [0.5, 0.6) is 11.5 Å². The second kappa shape index (κ2) is 8.94. The van der Waals surface area contributed by atoms with Crippen LogP contribution in [0.2, 0.25) is 5.02 Å². The van der Waals surface area contributed by atoms with Gasteiger partial charge in [-0.2, -0.15) is 0 Å². The molecule has 5 atom stereocenters. The summed E-state index contributed by atoms with van der Waals surface area (Å²) in [5, 5.41) is 40.8. The lowest BCUT2D eigenvalue weighted by Gasteiger charge is -2.40. The van der Waals surface area contributed by atoms with Gasteiger partial charge in [0, 0.05) is 5.56 Å². The zero-order chi connectivity index (χ0) is 22.3. The van der Waals surface area contributed by atoms with Crippen LogP contribution in [0.15, 0.2) is 30.3 Å². The Kier molecular flexibility index (Phi) is 6.44. The van der Waals surface area contributed by atoms with Gasteiger partial charge in [-0.05, 0) is 35.1 Å². The van der Waals surface area contributed by atoms with E-state index in [2.05, 4.69) is 26.0 Å². The van der Waals surface area contributed by atoms with E-state index in [0.717, 1.165) is 11.1 Å². The van der Waals surface area contributed by atoms with Crippen molar-refractivity contribution in [2.75, 3.05) is 13.4 Å². The largest absolute Gasteiger partial charge is 0.453 e. The number of hydrogen-bond acceptors (Lipinski definition) is 7. The number of fused-ring (bicyclic) bond motifs is 1.